The molecule has 2 N–H and O–H groups in total. The van der Waals surface area contributed by atoms with Gasteiger partial charge in [0.1, 0.15) is 0 Å². The average molecular weight is 264 g/mol. The Morgan fingerprint density at radius 3 is 2.61 bits per heavy atom. The summed E-state index contributed by atoms with van der Waals surface area (Å²) in [5, 5.41) is 1.11. The second-order valence-electron chi connectivity index (χ2n) is 4.35. The van der Waals surface area contributed by atoms with E-state index < -0.39 is 5.91 Å². The lowest BCUT2D eigenvalue weighted by Gasteiger charge is -2.14. The molecule has 0 fully saturated rings. The summed E-state index contributed by atoms with van der Waals surface area (Å²) in [4.78, 5) is 17.7. The first-order chi connectivity index (χ1) is 8.41. The molecular formula is C13H14ClN3O. The molecule has 0 unspecified atom stereocenters. The van der Waals surface area contributed by atoms with Crippen molar-refractivity contribution in [2.24, 2.45) is 5.73 Å². The highest BCUT2D eigenvalue weighted by Crippen LogP contribution is 2.30. The molecule has 5 heteroatoms. The number of fused-ring (bicyclic) bond motifs is 1. The van der Waals surface area contributed by atoms with E-state index in [1.54, 1.807) is 6.92 Å². The van der Waals surface area contributed by atoms with Crippen molar-refractivity contribution in [3.05, 3.63) is 34.5 Å². The fourth-order valence-electron chi connectivity index (χ4n) is 1.89. The minimum atomic E-state index is -0.552. The van der Waals surface area contributed by atoms with E-state index in [2.05, 4.69) is 4.98 Å². The first kappa shape index (κ1) is 12.6. The number of aryl methyl sites for hydroxylation is 1. The number of aromatic nitrogens is 1. The molecule has 2 rings (SSSR count). The molecule has 1 aromatic heterocycles. The molecule has 0 saturated heterocycles. The van der Waals surface area contributed by atoms with Crippen LogP contribution in [0.4, 0.5) is 5.69 Å². The molecule has 1 heterocycles. The van der Waals surface area contributed by atoms with Gasteiger partial charge < -0.3 is 10.6 Å². The molecule has 94 valence electrons. The van der Waals surface area contributed by atoms with Crippen molar-refractivity contribution in [3.63, 3.8) is 0 Å². The number of anilines is 1. The van der Waals surface area contributed by atoms with Gasteiger partial charge in [0.2, 0.25) is 0 Å². The van der Waals surface area contributed by atoms with Crippen molar-refractivity contribution in [1.29, 1.82) is 0 Å². The fraction of sp³-hybridized carbons (Fsp3) is 0.231. The van der Waals surface area contributed by atoms with E-state index in [4.69, 9.17) is 17.3 Å². The Morgan fingerprint density at radius 1 is 1.39 bits per heavy atom. The van der Waals surface area contributed by atoms with Gasteiger partial charge in [-0.3, -0.25) is 9.78 Å². The van der Waals surface area contributed by atoms with Gasteiger partial charge in [-0.1, -0.05) is 11.6 Å². The van der Waals surface area contributed by atoms with Gasteiger partial charge in [0.05, 0.1) is 21.8 Å². The second kappa shape index (κ2) is 4.46. The highest BCUT2D eigenvalue weighted by atomic mass is 35.5. The van der Waals surface area contributed by atoms with Crippen LogP contribution in [0.1, 0.15) is 16.1 Å². The summed E-state index contributed by atoms with van der Waals surface area (Å²) in [6.07, 6.45) is 0. The van der Waals surface area contributed by atoms with Crippen molar-refractivity contribution in [1.82, 2.24) is 4.98 Å². The molecule has 0 aliphatic heterocycles. The summed E-state index contributed by atoms with van der Waals surface area (Å²) >= 11 is 6.22. The normalized spacial score (nSPS) is 10.7. The van der Waals surface area contributed by atoms with Crippen molar-refractivity contribution in [2.45, 2.75) is 6.92 Å². The van der Waals surface area contributed by atoms with E-state index >= 15 is 0 Å². The third-order valence-electron chi connectivity index (χ3n) is 2.85. The van der Waals surface area contributed by atoms with Gasteiger partial charge in [-0.15, -0.1) is 0 Å². The summed E-state index contributed by atoms with van der Waals surface area (Å²) in [7, 11) is 3.90. The quantitative estimate of drug-likeness (QED) is 0.905. The number of carbonyl (C=O) groups is 1. The second-order valence-corrected chi connectivity index (χ2v) is 4.72. The van der Waals surface area contributed by atoms with E-state index in [9.17, 15) is 4.79 Å². The molecule has 2 aromatic rings. The minimum Gasteiger partial charge on any atom is -0.378 e. The lowest BCUT2D eigenvalue weighted by molar-refractivity contribution is 0.0999. The molecule has 0 atom stereocenters. The number of halogens is 1. The summed E-state index contributed by atoms with van der Waals surface area (Å²) in [5.41, 5.74) is 7.94. The van der Waals surface area contributed by atoms with E-state index in [1.165, 1.54) is 0 Å². The number of carbonyl (C=O) groups excluding carboxylic acids is 1. The first-order valence-corrected chi connectivity index (χ1v) is 5.86. The van der Waals surface area contributed by atoms with Gasteiger partial charge in [0.25, 0.3) is 5.91 Å². The third-order valence-corrected chi connectivity index (χ3v) is 3.24. The molecule has 0 saturated carbocycles. The minimum absolute atomic E-state index is 0.293. The van der Waals surface area contributed by atoms with E-state index in [1.807, 2.05) is 37.2 Å². The zero-order valence-corrected chi connectivity index (χ0v) is 11.2. The van der Waals surface area contributed by atoms with Gasteiger partial charge >= 0.3 is 0 Å². The highest BCUT2D eigenvalue weighted by molar-refractivity contribution is 6.38. The molecular weight excluding hydrogens is 250 g/mol. The van der Waals surface area contributed by atoms with Crippen LogP contribution in [0.15, 0.2) is 18.2 Å². The average Bonchev–Trinajstić information content (AvgIpc) is 2.27. The maximum absolute atomic E-state index is 11.4. The molecule has 1 amide bonds. The van der Waals surface area contributed by atoms with Crippen molar-refractivity contribution < 1.29 is 4.79 Å². The predicted molar refractivity (Wildman–Crippen MR) is 74.3 cm³/mol. The monoisotopic (exact) mass is 263 g/mol. The maximum Gasteiger partial charge on any atom is 0.252 e. The van der Waals surface area contributed by atoms with Crippen LogP contribution < -0.4 is 10.6 Å². The van der Waals surface area contributed by atoms with Crippen molar-refractivity contribution in [3.8, 4) is 0 Å². The molecule has 0 spiro atoms. The number of primary amides is 1. The van der Waals surface area contributed by atoms with Crippen LogP contribution in [0.2, 0.25) is 5.02 Å². The van der Waals surface area contributed by atoms with Gasteiger partial charge in [0, 0.05) is 25.2 Å². The number of benzene rings is 1. The maximum atomic E-state index is 11.4. The van der Waals surface area contributed by atoms with Crippen LogP contribution in [-0.4, -0.2) is 25.0 Å². The van der Waals surface area contributed by atoms with Gasteiger partial charge in [-0.05, 0) is 25.1 Å². The molecule has 1 aromatic carbocycles. The number of nitrogens with zero attached hydrogens (tertiary/aromatic N) is 2. The predicted octanol–water partition coefficient (Wildman–Crippen LogP) is 2.36. The summed E-state index contributed by atoms with van der Waals surface area (Å²) in [5.74, 6) is -0.552. The Kier molecular flexibility index (Phi) is 3.13. The number of rotatable bonds is 2. The van der Waals surface area contributed by atoms with Crippen LogP contribution >= 0.6 is 11.6 Å². The Balaban J connectivity index is 2.78. The Bertz CT molecular complexity index is 638. The number of hydrogen-bond donors (Lipinski definition) is 1. The van der Waals surface area contributed by atoms with Crippen molar-refractivity contribution in [2.75, 3.05) is 19.0 Å². The van der Waals surface area contributed by atoms with Crippen LogP contribution in [0, 0.1) is 6.92 Å². The zero-order chi connectivity index (χ0) is 13.4. The number of hydrogen-bond acceptors (Lipinski definition) is 3. The fourth-order valence-corrected chi connectivity index (χ4v) is 2.28. The smallest absolute Gasteiger partial charge is 0.252 e. The third kappa shape index (κ3) is 1.99. The molecule has 0 aliphatic carbocycles. The zero-order valence-electron chi connectivity index (χ0n) is 10.5. The Labute approximate surface area is 110 Å². The number of amides is 1. The summed E-state index contributed by atoms with van der Waals surface area (Å²) in [6.45, 7) is 1.73. The molecule has 0 aliphatic rings. The van der Waals surface area contributed by atoms with Crippen LogP contribution in [0.25, 0.3) is 10.9 Å². The highest BCUT2D eigenvalue weighted by Gasteiger charge is 2.15. The van der Waals surface area contributed by atoms with Gasteiger partial charge in [-0.2, -0.15) is 0 Å². The van der Waals surface area contributed by atoms with Crippen LogP contribution in [0.3, 0.4) is 0 Å². The van der Waals surface area contributed by atoms with Crippen molar-refractivity contribution >= 4 is 34.1 Å². The lowest BCUT2D eigenvalue weighted by atomic mass is 10.1. The molecule has 4 nitrogen and oxygen atoms in total. The molecule has 0 radical (unpaired) electrons. The SMILES string of the molecule is Cc1nc2cc(N(C)C)ccc2c(Cl)c1C(N)=O. The van der Waals surface area contributed by atoms with Crippen LogP contribution in [-0.2, 0) is 0 Å². The van der Waals surface area contributed by atoms with E-state index in [-0.39, 0.29) is 0 Å². The van der Waals surface area contributed by atoms with E-state index in [0.717, 1.165) is 16.6 Å². The first-order valence-electron chi connectivity index (χ1n) is 5.49. The van der Waals surface area contributed by atoms with Crippen LogP contribution in [0.5, 0.6) is 0 Å². The lowest BCUT2D eigenvalue weighted by Crippen LogP contribution is -2.15. The van der Waals surface area contributed by atoms with E-state index in [0.29, 0.717) is 16.3 Å². The standard InChI is InChI=1S/C13H14ClN3O/c1-7-11(13(15)18)12(14)9-5-4-8(17(2)3)6-10(9)16-7/h4-6H,1-3H3,(H2,15,18). The molecule has 0 bridgehead atoms. The summed E-state index contributed by atoms with van der Waals surface area (Å²) < 4.78 is 0. The topological polar surface area (TPSA) is 59.2 Å². The van der Waals surface area contributed by atoms with Gasteiger partial charge in [-0.25, -0.2) is 0 Å². The summed E-state index contributed by atoms with van der Waals surface area (Å²) in [6, 6.07) is 5.71. The Hall–Kier alpha value is -1.81. The largest absolute Gasteiger partial charge is 0.378 e. The Morgan fingerprint density at radius 2 is 2.06 bits per heavy atom. The number of pyridine rings is 1. The molecule has 18 heavy (non-hydrogen) atoms. The van der Waals surface area contributed by atoms with Gasteiger partial charge in [0.15, 0.2) is 0 Å². The number of nitrogens with two attached hydrogens (primary N) is 1.